The summed E-state index contributed by atoms with van der Waals surface area (Å²) in [6.07, 6.45) is 0.847. The van der Waals surface area contributed by atoms with Gasteiger partial charge in [-0.25, -0.2) is 8.42 Å². The van der Waals surface area contributed by atoms with Crippen molar-refractivity contribution in [2.45, 2.75) is 31.1 Å². The Morgan fingerprint density at radius 2 is 1.68 bits per heavy atom. The van der Waals surface area contributed by atoms with Gasteiger partial charge in [0, 0.05) is 17.7 Å². The first-order valence-corrected chi connectivity index (χ1v) is 11.9. The fraction of sp³-hybridized carbons (Fsp3) is 0.240. The highest BCUT2D eigenvalue weighted by Crippen LogP contribution is 2.43. The molecule has 1 amide bonds. The maximum Gasteiger partial charge on any atom is 0.265 e. The molecule has 6 heteroatoms. The van der Waals surface area contributed by atoms with E-state index < -0.39 is 10.0 Å². The highest BCUT2D eigenvalue weighted by Gasteiger charge is 2.35. The molecule has 0 aromatic heterocycles. The Labute approximate surface area is 183 Å². The minimum Gasteiger partial charge on any atom is -0.354 e. The van der Waals surface area contributed by atoms with Crippen LogP contribution >= 0.6 is 0 Å². The van der Waals surface area contributed by atoms with Crippen molar-refractivity contribution >= 4 is 21.6 Å². The van der Waals surface area contributed by atoms with Crippen LogP contribution in [0.5, 0.6) is 0 Å². The lowest BCUT2D eigenvalue weighted by Gasteiger charge is -2.32. The second kappa shape index (κ2) is 8.55. The van der Waals surface area contributed by atoms with E-state index in [0.717, 1.165) is 23.1 Å². The fourth-order valence-corrected chi connectivity index (χ4v) is 5.57. The van der Waals surface area contributed by atoms with Crippen LogP contribution in [0.3, 0.4) is 0 Å². The number of rotatable bonds is 6. The molecule has 1 aliphatic rings. The minimum absolute atomic E-state index is 0.128. The zero-order chi connectivity index (χ0) is 22.0. The van der Waals surface area contributed by atoms with Crippen LogP contribution < -0.4 is 9.62 Å². The summed E-state index contributed by atoms with van der Waals surface area (Å²) in [6, 6.07) is 22.6. The van der Waals surface area contributed by atoms with Crippen molar-refractivity contribution in [3.63, 3.8) is 0 Å². The molecule has 31 heavy (non-hydrogen) atoms. The third kappa shape index (κ3) is 4.08. The van der Waals surface area contributed by atoms with Crippen molar-refractivity contribution in [2.75, 3.05) is 17.4 Å². The lowest BCUT2D eigenvalue weighted by molar-refractivity contribution is -0.119. The van der Waals surface area contributed by atoms with E-state index >= 15 is 0 Å². The number of anilines is 1. The second-order valence-electron chi connectivity index (χ2n) is 7.83. The lowest BCUT2D eigenvalue weighted by Crippen LogP contribution is -2.43. The number of fused-ring (bicyclic) bond motifs is 3. The molecule has 3 aromatic rings. The average Bonchev–Trinajstić information content (AvgIpc) is 2.80. The first-order valence-electron chi connectivity index (χ1n) is 10.5. The molecule has 3 aromatic carbocycles. The summed E-state index contributed by atoms with van der Waals surface area (Å²) in [7, 11) is -3.83. The van der Waals surface area contributed by atoms with E-state index in [0.29, 0.717) is 17.8 Å². The van der Waals surface area contributed by atoms with Crippen LogP contribution in [0.2, 0.25) is 0 Å². The second-order valence-corrected chi connectivity index (χ2v) is 9.66. The number of sulfonamides is 1. The average molecular weight is 435 g/mol. The molecule has 160 valence electrons. The molecule has 5 nitrogen and oxygen atoms in total. The summed E-state index contributed by atoms with van der Waals surface area (Å²) in [5, 5.41) is 2.90. The number of carbonyl (C=O) groups is 1. The van der Waals surface area contributed by atoms with Crippen LogP contribution in [0.4, 0.5) is 5.69 Å². The highest BCUT2D eigenvalue weighted by molar-refractivity contribution is 7.93. The van der Waals surface area contributed by atoms with Crippen molar-refractivity contribution in [3.8, 4) is 11.1 Å². The standard InChI is InChI=1S/C25H26N2O3S/c1-3-19-13-14-23-22(15-19)21-11-7-8-12-24(21)31(29,30)27(23)17-25(28)26-16-18(2)20-9-5-4-6-10-20/h4-15,18H,3,16-17H2,1-2H3,(H,26,28). The molecule has 0 bridgehead atoms. The number of benzene rings is 3. The summed E-state index contributed by atoms with van der Waals surface area (Å²) in [5.41, 5.74) is 4.31. The van der Waals surface area contributed by atoms with Gasteiger partial charge in [0.15, 0.2) is 0 Å². The quantitative estimate of drug-likeness (QED) is 0.627. The van der Waals surface area contributed by atoms with Crippen molar-refractivity contribution in [2.24, 2.45) is 0 Å². The zero-order valence-electron chi connectivity index (χ0n) is 17.7. The first-order chi connectivity index (χ1) is 14.9. The van der Waals surface area contributed by atoms with Crippen LogP contribution in [-0.2, 0) is 21.2 Å². The Kier molecular flexibility index (Phi) is 5.83. The molecule has 1 aliphatic heterocycles. The molecule has 1 atom stereocenters. The van der Waals surface area contributed by atoms with E-state index in [-0.39, 0.29) is 23.3 Å². The Hall–Kier alpha value is -3.12. The van der Waals surface area contributed by atoms with Gasteiger partial charge in [-0.3, -0.25) is 9.10 Å². The summed E-state index contributed by atoms with van der Waals surface area (Å²) in [4.78, 5) is 13.0. The van der Waals surface area contributed by atoms with Crippen molar-refractivity contribution in [1.82, 2.24) is 5.32 Å². The smallest absolute Gasteiger partial charge is 0.265 e. The van der Waals surface area contributed by atoms with Gasteiger partial charge in [0.25, 0.3) is 10.0 Å². The number of hydrogen-bond acceptors (Lipinski definition) is 3. The van der Waals surface area contributed by atoms with E-state index in [1.807, 2.05) is 67.6 Å². The third-order valence-corrected chi connectivity index (χ3v) is 7.56. The van der Waals surface area contributed by atoms with Gasteiger partial charge in [-0.1, -0.05) is 68.4 Å². The van der Waals surface area contributed by atoms with E-state index in [2.05, 4.69) is 12.2 Å². The molecule has 1 heterocycles. The molecule has 0 saturated carbocycles. The topological polar surface area (TPSA) is 66.5 Å². The van der Waals surface area contributed by atoms with Gasteiger partial charge in [-0.05, 0) is 41.7 Å². The van der Waals surface area contributed by atoms with E-state index in [9.17, 15) is 13.2 Å². The van der Waals surface area contributed by atoms with Gasteiger partial charge < -0.3 is 5.32 Å². The van der Waals surface area contributed by atoms with Crippen LogP contribution in [0.25, 0.3) is 11.1 Å². The predicted octanol–water partition coefficient (Wildman–Crippen LogP) is 4.34. The molecule has 0 saturated heterocycles. The molecule has 1 N–H and O–H groups in total. The van der Waals surface area contributed by atoms with Crippen LogP contribution in [0.15, 0.2) is 77.7 Å². The van der Waals surface area contributed by atoms with Crippen molar-refractivity contribution < 1.29 is 13.2 Å². The van der Waals surface area contributed by atoms with E-state index in [1.165, 1.54) is 4.31 Å². The fourth-order valence-electron chi connectivity index (χ4n) is 3.92. The Bertz CT molecular complexity index is 1210. The summed E-state index contributed by atoms with van der Waals surface area (Å²) >= 11 is 0. The maximum absolute atomic E-state index is 13.4. The molecular weight excluding hydrogens is 408 g/mol. The first kappa shape index (κ1) is 21.1. The Morgan fingerprint density at radius 1 is 0.968 bits per heavy atom. The molecule has 1 unspecified atom stereocenters. The SMILES string of the molecule is CCc1ccc2c(c1)-c1ccccc1S(=O)(=O)N2CC(=O)NCC(C)c1ccccc1. The largest absolute Gasteiger partial charge is 0.354 e. The van der Waals surface area contributed by atoms with Gasteiger partial charge >= 0.3 is 0 Å². The summed E-state index contributed by atoms with van der Waals surface area (Å²) in [5.74, 6) is -0.195. The number of nitrogens with zero attached hydrogens (tertiary/aromatic N) is 1. The summed E-state index contributed by atoms with van der Waals surface area (Å²) in [6.45, 7) is 4.28. The van der Waals surface area contributed by atoms with Crippen LogP contribution in [0, 0.1) is 0 Å². The molecule has 4 rings (SSSR count). The number of nitrogens with one attached hydrogen (secondary N) is 1. The van der Waals surface area contributed by atoms with Gasteiger partial charge in [-0.15, -0.1) is 0 Å². The van der Waals surface area contributed by atoms with Crippen molar-refractivity contribution in [1.29, 1.82) is 0 Å². The Morgan fingerprint density at radius 3 is 2.42 bits per heavy atom. The lowest BCUT2D eigenvalue weighted by atomic mass is 9.99. The van der Waals surface area contributed by atoms with Gasteiger partial charge in [0.1, 0.15) is 6.54 Å². The van der Waals surface area contributed by atoms with Crippen molar-refractivity contribution in [3.05, 3.63) is 83.9 Å². The van der Waals surface area contributed by atoms with E-state index in [1.54, 1.807) is 12.1 Å². The normalized spacial score (nSPS) is 15.0. The monoisotopic (exact) mass is 434 g/mol. The van der Waals surface area contributed by atoms with E-state index in [4.69, 9.17) is 0 Å². The zero-order valence-corrected chi connectivity index (χ0v) is 18.5. The molecule has 0 radical (unpaired) electrons. The molecular formula is C25H26N2O3S. The number of carbonyl (C=O) groups excluding carboxylic acids is 1. The minimum atomic E-state index is -3.83. The van der Waals surface area contributed by atoms with Crippen LogP contribution in [0.1, 0.15) is 30.9 Å². The third-order valence-electron chi connectivity index (χ3n) is 5.74. The number of aryl methyl sites for hydroxylation is 1. The van der Waals surface area contributed by atoms with Gasteiger partial charge in [0.2, 0.25) is 5.91 Å². The molecule has 0 aliphatic carbocycles. The van der Waals surface area contributed by atoms with Crippen LogP contribution in [-0.4, -0.2) is 27.4 Å². The number of amides is 1. The molecule has 0 fully saturated rings. The maximum atomic E-state index is 13.4. The number of hydrogen-bond donors (Lipinski definition) is 1. The summed E-state index contributed by atoms with van der Waals surface area (Å²) < 4.78 is 28.0. The Balaban J connectivity index is 1.60. The van der Waals surface area contributed by atoms with Gasteiger partial charge in [-0.2, -0.15) is 0 Å². The highest BCUT2D eigenvalue weighted by atomic mass is 32.2. The molecule has 0 spiro atoms. The van der Waals surface area contributed by atoms with Gasteiger partial charge in [0.05, 0.1) is 10.6 Å². The predicted molar refractivity (Wildman–Crippen MR) is 124 cm³/mol.